The molecular weight excluding hydrogens is 432 g/mol. The molecule has 178 valence electrons. The summed E-state index contributed by atoms with van der Waals surface area (Å²) in [5.74, 6) is -2.12. The standard InChI is InChI=1S/C18H38O10Si2/c1-9-14(29(23-3,24-4)25-5)18(17(21)22,13-11-12-16(19)20)15(10-2)30(26-6,27-7)28-8/h14-15H,9-13H2,1-8H3,(H,19,20)(H,21,22). The Bertz CT molecular complexity index is 493. The first-order chi connectivity index (χ1) is 14.1. The van der Waals surface area contributed by atoms with Crippen LogP contribution in [0.4, 0.5) is 0 Å². The van der Waals surface area contributed by atoms with Crippen LogP contribution in [0.3, 0.4) is 0 Å². The van der Waals surface area contributed by atoms with Gasteiger partial charge in [-0.15, -0.1) is 0 Å². The van der Waals surface area contributed by atoms with Crippen LogP contribution in [0.2, 0.25) is 11.1 Å². The number of carboxylic acids is 2. The summed E-state index contributed by atoms with van der Waals surface area (Å²) < 4.78 is 34.1. The van der Waals surface area contributed by atoms with Crippen LogP contribution in [-0.4, -0.2) is 82.4 Å². The van der Waals surface area contributed by atoms with Gasteiger partial charge in [-0.1, -0.05) is 13.8 Å². The fourth-order valence-electron chi connectivity index (χ4n) is 4.74. The molecule has 0 aliphatic carbocycles. The summed E-state index contributed by atoms with van der Waals surface area (Å²) >= 11 is 0. The smallest absolute Gasteiger partial charge is 0.481 e. The van der Waals surface area contributed by atoms with Gasteiger partial charge in [0.1, 0.15) is 0 Å². The first kappa shape index (κ1) is 29.1. The SMILES string of the molecule is CCC(C(CCCC(=O)O)(C(=O)O)C(CC)[Si](OC)(OC)OC)[Si](OC)(OC)OC. The minimum atomic E-state index is -3.49. The normalized spacial score (nSPS) is 16.7. The predicted octanol–water partition coefficient (Wildman–Crippen LogP) is 2.63. The third-order valence-electron chi connectivity index (χ3n) is 6.00. The second-order valence-electron chi connectivity index (χ2n) is 6.95. The molecule has 0 saturated heterocycles. The van der Waals surface area contributed by atoms with Gasteiger partial charge in [0, 0.05) is 60.2 Å². The van der Waals surface area contributed by atoms with Crippen molar-refractivity contribution in [1.82, 2.24) is 0 Å². The Labute approximate surface area is 181 Å². The Morgan fingerprint density at radius 2 is 1.10 bits per heavy atom. The van der Waals surface area contributed by atoms with Crippen LogP contribution < -0.4 is 0 Å². The number of rotatable bonds is 17. The molecule has 0 aliphatic heterocycles. The van der Waals surface area contributed by atoms with Crippen molar-refractivity contribution in [2.45, 2.75) is 57.0 Å². The summed E-state index contributed by atoms with van der Waals surface area (Å²) in [5.41, 5.74) is -2.93. The fraction of sp³-hybridized carbons (Fsp3) is 0.889. The number of hydrogen-bond acceptors (Lipinski definition) is 8. The third-order valence-corrected chi connectivity index (χ3v) is 13.0. The monoisotopic (exact) mass is 470 g/mol. The van der Waals surface area contributed by atoms with Crippen molar-refractivity contribution in [1.29, 1.82) is 0 Å². The van der Waals surface area contributed by atoms with E-state index in [4.69, 9.17) is 31.7 Å². The van der Waals surface area contributed by atoms with E-state index in [0.717, 1.165) is 0 Å². The summed E-state index contributed by atoms with van der Waals surface area (Å²) in [4.78, 5) is 24.2. The number of aliphatic carboxylic acids is 2. The Morgan fingerprint density at radius 3 is 1.30 bits per heavy atom. The molecule has 0 saturated carbocycles. The van der Waals surface area contributed by atoms with Crippen molar-refractivity contribution < 1.29 is 46.4 Å². The van der Waals surface area contributed by atoms with Crippen molar-refractivity contribution in [2.75, 3.05) is 42.7 Å². The number of carboxylic acid groups (broad SMARTS) is 2. The first-order valence-corrected chi connectivity index (χ1v) is 13.5. The van der Waals surface area contributed by atoms with Crippen LogP contribution >= 0.6 is 0 Å². The van der Waals surface area contributed by atoms with E-state index in [1.54, 1.807) is 0 Å². The van der Waals surface area contributed by atoms with Crippen molar-refractivity contribution in [2.24, 2.45) is 5.41 Å². The van der Waals surface area contributed by atoms with E-state index in [9.17, 15) is 14.7 Å². The van der Waals surface area contributed by atoms with Gasteiger partial charge in [0.15, 0.2) is 0 Å². The Morgan fingerprint density at radius 1 is 0.767 bits per heavy atom. The molecule has 30 heavy (non-hydrogen) atoms. The summed E-state index contributed by atoms with van der Waals surface area (Å²) in [5, 5.41) is 19.8. The molecule has 2 atom stereocenters. The molecule has 0 spiro atoms. The zero-order valence-corrected chi connectivity index (χ0v) is 21.4. The second kappa shape index (κ2) is 12.9. The lowest BCUT2D eigenvalue weighted by molar-refractivity contribution is -0.154. The molecule has 0 fully saturated rings. The van der Waals surface area contributed by atoms with Gasteiger partial charge in [0.2, 0.25) is 0 Å². The summed E-state index contributed by atoms with van der Waals surface area (Å²) in [6.07, 6.45) is 0.725. The van der Waals surface area contributed by atoms with Gasteiger partial charge < -0.3 is 36.8 Å². The van der Waals surface area contributed by atoms with Gasteiger partial charge in [0.25, 0.3) is 0 Å². The van der Waals surface area contributed by atoms with Gasteiger partial charge in [0.05, 0.1) is 5.41 Å². The molecule has 10 nitrogen and oxygen atoms in total. The molecule has 0 aromatic heterocycles. The number of carbonyl (C=O) groups is 2. The highest BCUT2D eigenvalue weighted by atomic mass is 28.4. The van der Waals surface area contributed by atoms with E-state index in [2.05, 4.69) is 0 Å². The highest BCUT2D eigenvalue weighted by Crippen LogP contribution is 2.58. The lowest BCUT2D eigenvalue weighted by atomic mass is 9.74. The minimum Gasteiger partial charge on any atom is -0.481 e. The first-order valence-electron chi connectivity index (χ1n) is 9.87. The van der Waals surface area contributed by atoms with Crippen LogP contribution in [0.5, 0.6) is 0 Å². The van der Waals surface area contributed by atoms with E-state index in [1.165, 1.54) is 42.7 Å². The molecule has 12 heteroatoms. The fourth-order valence-corrected chi connectivity index (χ4v) is 10.8. The topological polar surface area (TPSA) is 130 Å². The lowest BCUT2D eigenvalue weighted by Crippen LogP contribution is -2.62. The zero-order chi connectivity index (χ0) is 23.6. The summed E-state index contributed by atoms with van der Waals surface area (Å²) in [6.45, 7) is 3.67. The van der Waals surface area contributed by atoms with Crippen molar-refractivity contribution in [3.8, 4) is 0 Å². The highest BCUT2D eigenvalue weighted by Gasteiger charge is 2.68. The summed E-state index contributed by atoms with van der Waals surface area (Å²) in [7, 11) is 1.60. The molecule has 2 N–H and O–H groups in total. The van der Waals surface area contributed by atoms with Crippen LogP contribution in [0.25, 0.3) is 0 Å². The van der Waals surface area contributed by atoms with Gasteiger partial charge in [-0.25, -0.2) is 0 Å². The van der Waals surface area contributed by atoms with Gasteiger partial charge in [-0.3, -0.25) is 9.59 Å². The second-order valence-corrected chi connectivity index (χ2v) is 13.2. The average Bonchev–Trinajstić information content (AvgIpc) is 2.74. The van der Waals surface area contributed by atoms with Gasteiger partial charge in [-0.2, -0.15) is 0 Å². The van der Waals surface area contributed by atoms with Crippen molar-refractivity contribution >= 4 is 29.5 Å². The maximum atomic E-state index is 13.1. The highest BCUT2D eigenvalue weighted by molar-refractivity contribution is 6.65. The molecule has 0 aliphatic rings. The molecule has 0 amide bonds. The van der Waals surface area contributed by atoms with Crippen molar-refractivity contribution in [3.05, 3.63) is 0 Å². The summed E-state index contributed by atoms with van der Waals surface area (Å²) in [6, 6.07) is 0. The van der Waals surface area contributed by atoms with E-state index in [0.29, 0.717) is 12.8 Å². The van der Waals surface area contributed by atoms with Gasteiger partial charge in [-0.05, 0) is 25.7 Å². The van der Waals surface area contributed by atoms with E-state index < -0.39 is 46.0 Å². The van der Waals surface area contributed by atoms with Crippen LogP contribution in [-0.2, 0) is 36.1 Å². The largest absolute Gasteiger partial charge is 0.504 e. The quantitative estimate of drug-likeness (QED) is 0.306. The number of hydrogen-bond donors (Lipinski definition) is 2. The van der Waals surface area contributed by atoms with Crippen molar-refractivity contribution in [3.63, 3.8) is 0 Å². The maximum absolute atomic E-state index is 13.1. The van der Waals surface area contributed by atoms with E-state index in [-0.39, 0.29) is 19.3 Å². The maximum Gasteiger partial charge on any atom is 0.504 e. The van der Waals surface area contributed by atoms with E-state index >= 15 is 0 Å². The van der Waals surface area contributed by atoms with Crippen LogP contribution in [0.1, 0.15) is 46.0 Å². The third kappa shape index (κ3) is 5.48. The molecule has 0 rings (SSSR count). The predicted molar refractivity (Wildman–Crippen MR) is 113 cm³/mol. The van der Waals surface area contributed by atoms with Gasteiger partial charge >= 0.3 is 29.5 Å². The average molecular weight is 471 g/mol. The lowest BCUT2D eigenvalue weighted by Gasteiger charge is -2.50. The molecular formula is C18H38O10Si2. The molecule has 0 aromatic carbocycles. The molecule has 2 unspecified atom stereocenters. The zero-order valence-electron chi connectivity index (χ0n) is 19.4. The van der Waals surface area contributed by atoms with Crippen LogP contribution in [0.15, 0.2) is 0 Å². The molecule has 0 bridgehead atoms. The Balaban J connectivity index is 7.01. The minimum absolute atomic E-state index is 0.0430. The Hall–Kier alpha value is -0.866. The Kier molecular flexibility index (Phi) is 12.5. The molecule has 0 heterocycles. The molecule has 0 aromatic rings. The molecule has 0 radical (unpaired) electrons. The van der Waals surface area contributed by atoms with E-state index in [1.807, 2.05) is 13.8 Å². The van der Waals surface area contributed by atoms with Crippen LogP contribution in [0, 0.1) is 5.41 Å².